The van der Waals surface area contributed by atoms with Gasteiger partial charge in [0.2, 0.25) is 5.95 Å². The second-order valence-electron chi connectivity index (χ2n) is 5.59. The van der Waals surface area contributed by atoms with Gasteiger partial charge in [-0.15, -0.1) is 0 Å². The number of aromatic nitrogens is 2. The molecular formula is C17H22N4O2. The van der Waals surface area contributed by atoms with Crippen LogP contribution in [0.4, 0.5) is 5.95 Å². The first-order chi connectivity index (χ1) is 11.0. The summed E-state index contributed by atoms with van der Waals surface area (Å²) in [6, 6.07) is 9.16. The Morgan fingerprint density at radius 1 is 1.26 bits per heavy atom. The van der Waals surface area contributed by atoms with Gasteiger partial charge in [0.05, 0.1) is 12.3 Å². The smallest absolute Gasteiger partial charge is 0.270 e. The fourth-order valence-corrected chi connectivity index (χ4v) is 1.97. The topological polar surface area (TPSA) is 90.1 Å². The van der Waals surface area contributed by atoms with Crippen molar-refractivity contribution in [3.8, 4) is 17.0 Å². The molecule has 0 fully saturated rings. The summed E-state index contributed by atoms with van der Waals surface area (Å²) in [4.78, 5) is 20.1. The summed E-state index contributed by atoms with van der Waals surface area (Å²) in [5, 5.41) is 2.70. The summed E-state index contributed by atoms with van der Waals surface area (Å²) in [6.45, 7) is 7.24. The Morgan fingerprint density at radius 2 is 1.96 bits per heavy atom. The number of hydrogen-bond acceptors (Lipinski definition) is 5. The molecule has 0 radical (unpaired) electrons. The molecule has 6 heteroatoms. The fraction of sp³-hybridized carbons (Fsp3) is 0.353. The zero-order chi connectivity index (χ0) is 16.8. The Morgan fingerprint density at radius 3 is 2.57 bits per heavy atom. The SMILES string of the molecule is CCNC(=O)c1cc(-c2ccc(OCC(C)C)cc2)nc(N)n1. The van der Waals surface area contributed by atoms with Crippen LogP contribution in [-0.2, 0) is 0 Å². The van der Waals surface area contributed by atoms with Gasteiger partial charge in [0, 0.05) is 12.1 Å². The van der Waals surface area contributed by atoms with Crippen molar-refractivity contribution in [3.63, 3.8) is 0 Å². The molecule has 23 heavy (non-hydrogen) atoms. The molecule has 1 heterocycles. The molecule has 2 rings (SSSR count). The maximum atomic E-state index is 11.9. The van der Waals surface area contributed by atoms with E-state index >= 15 is 0 Å². The molecule has 2 aromatic rings. The van der Waals surface area contributed by atoms with Gasteiger partial charge in [-0.2, -0.15) is 0 Å². The molecule has 0 aliphatic carbocycles. The van der Waals surface area contributed by atoms with E-state index in [1.807, 2.05) is 31.2 Å². The second-order valence-corrected chi connectivity index (χ2v) is 5.59. The molecule has 0 unspecified atom stereocenters. The average molecular weight is 314 g/mol. The molecule has 0 aliphatic heterocycles. The van der Waals surface area contributed by atoms with Crippen LogP contribution in [0.15, 0.2) is 30.3 Å². The van der Waals surface area contributed by atoms with Crippen LogP contribution < -0.4 is 15.8 Å². The van der Waals surface area contributed by atoms with Crippen LogP contribution in [0.25, 0.3) is 11.3 Å². The van der Waals surface area contributed by atoms with Gasteiger partial charge in [-0.3, -0.25) is 4.79 Å². The fourth-order valence-electron chi connectivity index (χ4n) is 1.97. The summed E-state index contributed by atoms with van der Waals surface area (Å²) in [5.74, 6) is 1.08. The van der Waals surface area contributed by atoms with Gasteiger partial charge in [0.15, 0.2) is 0 Å². The summed E-state index contributed by atoms with van der Waals surface area (Å²) in [7, 11) is 0. The lowest BCUT2D eigenvalue weighted by Gasteiger charge is -2.10. The van der Waals surface area contributed by atoms with Crippen molar-refractivity contribution in [2.24, 2.45) is 5.92 Å². The van der Waals surface area contributed by atoms with Crippen molar-refractivity contribution in [1.29, 1.82) is 0 Å². The number of carbonyl (C=O) groups is 1. The maximum Gasteiger partial charge on any atom is 0.270 e. The number of hydrogen-bond donors (Lipinski definition) is 2. The predicted octanol–water partition coefficient (Wildman–Crippen LogP) is 2.51. The van der Waals surface area contributed by atoms with Gasteiger partial charge >= 0.3 is 0 Å². The number of rotatable bonds is 6. The van der Waals surface area contributed by atoms with Crippen LogP contribution in [0.3, 0.4) is 0 Å². The van der Waals surface area contributed by atoms with E-state index in [9.17, 15) is 4.79 Å². The molecule has 0 atom stereocenters. The van der Waals surface area contributed by atoms with E-state index in [2.05, 4.69) is 29.1 Å². The number of nitrogens with one attached hydrogen (secondary N) is 1. The first-order valence-electron chi connectivity index (χ1n) is 7.65. The number of nitrogens with two attached hydrogens (primary N) is 1. The van der Waals surface area contributed by atoms with Crippen LogP contribution in [-0.4, -0.2) is 29.0 Å². The van der Waals surface area contributed by atoms with Crippen molar-refractivity contribution in [3.05, 3.63) is 36.0 Å². The van der Waals surface area contributed by atoms with E-state index in [-0.39, 0.29) is 17.5 Å². The summed E-state index contributed by atoms with van der Waals surface area (Å²) in [5.41, 5.74) is 7.43. The maximum absolute atomic E-state index is 11.9. The van der Waals surface area contributed by atoms with Crippen molar-refractivity contribution in [2.45, 2.75) is 20.8 Å². The van der Waals surface area contributed by atoms with Crippen molar-refractivity contribution in [2.75, 3.05) is 18.9 Å². The van der Waals surface area contributed by atoms with Gasteiger partial charge < -0.3 is 15.8 Å². The molecule has 1 aromatic heterocycles. The van der Waals surface area contributed by atoms with E-state index in [0.29, 0.717) is 24.8 Å². The minimum absolute atomic E-state index is 0.0730. The van der Waals surface area contributed by atoms with Gasteiger partial charge in [-0.1, -0.05) is 13.8 Å². The van der Waals surface area contributed by atoms with Crippen molar-refractivity contribution < 1.29 is 9.53 Å². The lowest BCUT2D eigenvalue weighted by atomic mass is 10.1. The normalized spacial score (nSPS) is 10.6. The first-order valence-corrected chi connectivity index (χ1v) is 7.65. The number of nitrogen functional groups attached to an aromatic ring is 1. The number of anilines is 1. The van der Waals surface area contributed by atoms with Crippen LogP contribution in [0, 0.1) is 5.92 Å². The summed E-state index contributed by atoms with van der Waals surface area (Å²) < 4.78 is 5.65. The Hall–Kier alpha value is -2.63. The van der Waals surface area contributed by atoms with Crippen LogP contribution in [0.5, 0.6) is 5.75 Å². The highest BCUT2D eigenvalue weighted by atomic mass is 16.5. The van der Waals surface area contributed by atoms with E-state index in [1.54, 1.807) is 6.07 Å². The molecule has 0 bridgehead atoms. The van der Waals surface area contributed by atoms with Crippen LogP contribution >= 0.6 is 0 Å². The minimum Gasteiger partial charge on any atom is -0.493 e. The van der Waals surface area contributed by atoms with Gasteiger partial charge in [0.25, 0.3) is 5.91 Å². The van der Waals surface area contributed by atoms with Gasteiger partial charge in [-0.25, -0.2) is 9.97 Å². The lowest BCUT2D eigenvalue weighted by molar-refractivity contribution is 0.0951. The standard InChI is InChI=1S/C17H22N4O2/c1-4-19-16(22)15-9-14(20-17(18)21-15)12-5-7-13(8-6-12)23-10-11(2)3/h5-9,11H,4,10H2,1-3H3,(H,19,22)(H2,18,20,21). The monoisotopic (exact) mass is 314 g/mol. The van der Waals surface area contributed by atoms with E-state index in [1.165, 1.54) is 0 Å². The summed E-state index contributed by atoms with van der Waals surface area (Å²) >= 11 is 0. The first kappa shape index (κ1) is 16.7. The average Bonchev–Trinajstić information content (AvgIpc) is 2.53. The molecule has 0 saturated heterocycles. The third-order valence-electron chi connectivity index (χ3n) is 3.05. The number of carbonyl (C=O) groups excluding carboxylic acids is 1. The molecule has 122 valence electrons. The molecule has 0 saturated carbocycles. The quantitative estimate of drug-likeness (QED) is 0.855. The van der Waals surface area contributed by atoms with Crippen LogP contribution in [0.2, 0.25) is 0 Å². The highest BCUT2D eigenvalue weighted by Gasteiger charge is 2.11. The third-order valence-corrected chi connectivity index (χ3v) is 3.05. The molecule has 3 N–H and O–H groups in total. The number of ether oxygens (including phenoxy) is 1. The Balaban J connectivity index is 2.22. The molecule has 0 aliphatic rings. The Kier molecular flexibility index (Phi) is 5.51. The molecule has 1 aromatic carbocycles. The van der Waals surface area contributed by atoms with Crippen LogP contribution in [0.1, 0.15) is 31.3 Å². The van der Waals surface area contributed by atoms with Crippen molar-refractivity contribution in [1.82, 2.24) is 15.3 Å². The largest absolute Gasteiger partial charge is 0.493 e. The third kappa shape index (κ3) is 4.67. The van der Waals surface area contributed by atoms with E-state index in [4.69, 9.17) is 10.5 Å². The summed E-state index contributed by atoms with van der Waals surface area (Å²) in [6.07, 6.45) is 0. The lowest BCUT2D eigenvalue weighted by Crippen LogP contribution is -2.24. The zero-order valence-corrected chi connectivity index (χ0v) is 13.7. The predicted molar refractivity (Wildman–Crippen MR) is 90.2 cm³/mol. The second kappa shape index (κ2) is 7.58. The van der Waals surface area contributed by atoms with Crippen molar-refractivity contribution >= 4 is 11.9 Å². The Labute approximate surface area is 136 Å². The highest BCUT2D eigenvalue weighted by Crippen LogP contribution is 2.22. The van der Waals surface area contributed by atoms with E-state index in [0.717, 1.165) is 11.3 Å². The Bertz CT molecular complexity index is 669. The number of benzene rings is 1. The molecular weight excluding hydrogens is 292 g/mol. The zero-order valence-electron chi connectivity index (χ0n) is 13.7. The molecule has 1 amide bonds. The highest BCUT2D eigenvalue weighted by molar-refractivity contribution is 5.93. The minimum atomic E-state index is -0.264. The molecule has 6 nitrogen and oxygen atoms in total. The van der Waals surface area contributed by atoms with Gasteiger partial charge in [-0.05, 0) is 43.2 Å². The van der Waals surface area contributed by atoms with Gasteiger partial charge in [0.1, 0.15) is 11.4 Å². The number of amides is 1. The number of nitrogens with zero attached hydrogens (tertiary/aromatic N) is 2. The van der Waals surface area contributed by atoms with E-state index < -0.39 is 0 Å². The molecule has 0 spiro atoms.